The Labute approximate surface area is 149 Å². The predicted molar refractivity (Wildman–Crippen MR) is 96.1 cm³/mol. The summed E-state index contributed by atoms with van der Waals surface area (Å²) in [7, 11) is 1.63. The quantitative estimate of drug-likeness (QED) is 0.340. The minimum atomic E-state index is 0.503. The lowest BCUT2D eigenvalue weighted by molar-refractivity contribution is 0.322. The summed E-state index contributed by atoms with van der Waals surface area (Å²) in [5, 5.41) is 21.3. The van der Waals surface area contributed by atoms with Crippen molar-refractivity contribution in [3.8, 4) is 11.4 Å². The topological polar surface area (TPSA) is 90.3 Å². The smallest absolute Gasteiger partial charge is 0.140 e. The molecule has 0 spiro atoms. The van der Waals surface area contributed by atoms with Crippen LogP contribution in [-0.2, 0) is 6.54 Å². The Morgan fingerprint density at radius 1 is 1.19 bits per heavy atom. The largest absolute Gasteiger partial charge is 0.497 e. The van der Waals surface area contributed by atoms with Gasteiger partial charge in [-0.2, -0.15) is 0 Å². The third-order valence-corrected chi connectivity index (χ3v) is 4.07. The zero-order valence-electron chi connectivity index (χ0n) is 14.0. The maximum Gasteiger partial charge on any atom is 0.140 e. The Hall–Kier alpha value is -3.68. The second kappa shape index (κ2) is 6.67. The fourth-order valence-electron chi connectivity index (χ4n) is 2.84. The Morgan fingerprint density at radius 3 is 2.81 bits per heavy atom. The molecule has 0 unspecified atom stereocenters. The summed E-state index contributed by atoms with van der Waals surface area (Å²) >= 11 is 0. The molecular formula is C18H16N6O2. The summed E-state index contributed by atoms with van der Waals surface area (Å²) in [5.74, 6) is 0.789. The molecule has 0 saturated carbocycles. The van der Waals surface area contributed by atoms with Gasteiger partial charge in [-0.3, -0.25) is 0 Å². The van der Waals surface area contributed by atoms with Gasteiger partial charge in [-0.1, -0.05) is 10.4 Å². The summed E-state index contributed by atoms with van der Waals surface area (Å²) in [6.45, 7) is 0.503. The second-order valence-electron chi connectivity index (χ2n) is 5.68. The van der Waals surface area contributed by atoms with Gasteiger partial charge in [0.1, 0.15) is 17.1 Å². The van der Waals surface area contributed by atoms with Crippen molar-refractivity contribution >= 4 is 17.2 Å². The van der Waals surface area contributed by atoms with Crippen LogP contribution in [0.3, 0.4) is 0 Å². The number of hydrogen-bond donors (Lipinski definition) is 1. The zero-order chi connectivity index (χ0) is 17.9. The number of benzene rings is 1. The van der Waals surface area contributed by atoms with Crippen LogP contribution < -0.4 is 4.74 Å². The number of oxime groups is 1. The average molecular weight is 348 g/mol. The highest BCUT2D eigenvalue weighted by atomic mass is 16.5. The molecule has 3 heterocycles. The molecule has 0 amide bonds. The molecule has 1 N–H and O–H groups in total. The Kier molecular flexibility index (Phi) is 4.06. The molecule has 4 rings (SSSR count). The molecular weight excluding hydrogens is 332 g/mol. The zero-order valence-corrected chi connectivity index (χ0v) is 14.0. The van der Waals surface area contributed by atoms with E-state index in [1.54, 1.807) is 18.0 Å². The van der Waals surface area contributed by atoms with Crippen LogP contribution in [0.4, 0.5) is 0 Å². The molecule has 0 aliphatic rings. The highest BCUT2D eigenvalue weighted by Crippen LogP contribution is 2.19. The summed E-state index contributed by atoms with van der Waals surface area (Å²) in [6.07, 6.45) is 6.88. The highest BCUT2D eigenvalue weighted by molar-refractivity contribution is 5.97. The first-order chi connectivity index (χ1) is 12.8. The molecule has 4 aromatic rings. The van der Waals surface area contributed by atoms with E-state index >= 15 is 0 Å². The van der Waals surface area contributed by atoms with Crippen LogP contribution in [0.5, 0.6) is 5.75 Å². The monoisotopic (exact) mass is 348 g/mol. The second-order valence-corrected chi connectivity index (χ2v) is 5.68. The van der Waals surface area contributed by atoms with Gasteiger partial charge in [0.25, 0.3) is 0 Å². The van der Waals surface area contributed by atoms with Gasteiger partial charge < -0.3 is 14.5 Å². The normalized spacial score (nSPS) is 11.4. The molecule has 0 aliphatic heterocycles. The number of methoxy groups -OCH3 is 1. The lowest BCUT2D eigenvalue weighted by Gasteiger charge is -2.02. The van der Waals surface area contributed by atoms with Gasteiger partial charge in [0, 0.05) is 23.3 Å². The number of rotatable bonds is 5. The molecule has 0 aliphatic carbocycles. The van der Waals surface area contributed by atoms with Gasteiger partial charge in [-0.25, -0.2) is 9.67 Å². The lowest BCUT2D eigenvalue weighted by Crippen LogP contribution is -1.99. The minimum Gasteiger partial charge on any atom is -0.497 e. The van der Waals surface area contributed by atoms with Crippen LogP contribution in [0, 0.1) is 0 Å². The molecule has 0 atom stereocenters. The molecule has 0 bridgehead atoms. The SMILES string of the molecule is COc1ccc(-n2cc(Cn3cc(/C=N/O)c4cccnc43)nn2)cc1. The molecule has 0 fully saturated rings. The molecule has 8 nitrogen and oxygen atoms in total. The van der Waals surface area contributed by atoms with E-state index in [2.05, 4.69) is 20.5 Å². The van der Waals surface area contributed by atoms with E-state index in [9.17, 15) is 0 Å². The van der Waals surface area contributed by atoms with Crippen molar-refractivity contribution in [1.82, 2.24) is 24.5 Å². The van der Waals surface area contributed by atoms with Crippen molar-refractivity contribution < 1.29 is 9.94 Å². The van der Waals surface area contributed by atoms with Crippen LogP contribution in [0.25, 0.3) is 16.7 Å². The van der Waals surface area contributed by atoms with Gasteiger partial charge in [0.15, 0.2) is 0 Å². The fraction of sp³-hybridized carbons (Fsp3) is 0.111. The molecule has 8 heteroatoms. The number of hydrogen-bond acceptors (Lipinski definition) is 6. The highest BCUT2D eigenvalue weighted by Gasteiger charge is 2.10. The van der Waals surface area contributed by atoms with Crippen LogP contribution in [0.15, 0.2) is 60.1 Å². The van der Waals surface area contributed by atoms with E-state index in [1.165, 1.54) is 6.21 Å². The molecule has 3 aromatic heterocycles. The van der Waals surface area contributed by atoms with Crippen LogP contribution in [-0.4, -0.2) is 43.1 Å². The van der Waals surface area contributed by atoms with Gasteiger partial charge in [-0.15, -0.1) is 5.10 Å². The summed E-state index contributed by atoms with van der Waals surface area (Å²) in [5.41, 5.74) is 3.27. The molecule has 1 aromatic carbocycles. The first-order valence-corrected chi connectivity index (χ1v) is 7.95. The van der Waals surface area contributed by atoms with E-state index in [0.717, 1.165) is 33.7 Å². The fourth-order valence-corrected chi connectivity index (χ4v) is 2.84. The van der Waals surface area contributed by atoms with Crippen molar-refractivity contribution in [1.29, 1.82) is 0 Å². The standard InChI is InChI=1S/C18H16N6O2/c1-26-16-6-4-15(5-7-16)24-12-14(21-22-24)11-23-10-13(9-20-25)17-3-2-8-19-18(17)23/h2-10,12,25H,11H2,1H3/b20-9+. The number of ether oxygens (including phenoxy) is 1. The van der Waals surface area contributed by atoms with Gasteiger partial charge in [-0.05, 0) is 36.4 Å². The summed E-state index contributed by atoms with van der Waals surface area (Å²) in [4.78, 5) is 4.42. The third kappa shape index (κ3) is 2.88. The predicted octanol–water partition coefficient (Wildman–Crippen LogP) is 2.48. The number of aromatic nitrogens is 5. The van der Waals surface area contributed by atoms with E-state index in [1.807, 2.05) is 53.4 Å². The van der Waals surface area contributed by atoms with Crippen LogP contribution in [0.2, 0.25) is 0 Å². The maximum absolute atomic E-state index is 8.85. The van der Waals surface area contributed by atoms with Crippen molar-refractivity contribution in [2.45, 2.75) is 6.54 Å². The average Bonchev–Trinajstić information content (AvgIpc) is 3.28. The van der Waals surface area contributed by atoms with Gasteiger partial charge >= 0.3 is 0 Å². The molecule has 26 heavy (non-hydrogen) atoms. The van der Waals surface area contributed by atoms with Crippen molar-refractivity contribution in [3.63, 3.8) is 0 Å². The van der Waals surface area contributed by atoms with Crippen LogP contribution in [0.1, 0.15) is 11.3 Å². The van der Waals surface area contributed by atoms with E-state index in [0.29, 0.717) is 6.54 Å². The summed E-state index contributed by atoms with van der Waals surface area (Å²) in [6, 6.07) is 11.4. The van der Waals surface area contributed by atoms with Gasteiger partial charge in [0.2, 0.25) is 0 Å². The van der Waals surface area contributed by atoms with Crippen molar-refractivity contribution in [2.75, 3.05) is 7.11 Å². The van der Waals surface area contributed by atoms with Gasteiger partial charge in [0.05, 0.1) is 31.8 Å². The van der Waals surface area contributed by atoms with Crippen molar-refractivity contribution in [2.24, 2.45) is 5.16 Å². The van der Waals surface area contributed by atoms with Crippen molar-refractivity contribution in [3.05, 3.63) is 66.2 Å². The Bertz CT molecular complexity index is 1060. The Morgan fingerprint density at radius 2 is 2.04 bits per heavy atom. The maximum atomic E-state index is 8.85. The first kappa shape index (κ1) is 15.8. The molecule has 0 radical (unpaired) electrons. The number of fused-ring (bicyclic) bond motifs is 1. The first-order valence-electron chi connectivity index (χ1n) is 7.95. The number of pyridine rings is 1. The number of nitrogens with zero attached hydrogens (tertiary/aromatic N) is 6. The summed E-state index contributed by atoms with van der Waals surface area (Å²) < 4.78 is 8.83. The minimum absolute atomic E-state index is 0.503. The molecule has 0 saturated heterocycles. The van der Waals surface area contributed by atoms with E-state index in [4.69, 9.17) is 9.94 Å². The van der Waals surface area contributed by atoms with E-state index < -0.39 is 0 Å². The lowest BCUT2D eigenvalue weighted by atomic mass is 10.2. The molecule has 130 valence electrons. The van der Waals surface area contributed by atoms with Crippen LogP contribution >= 0.6 is 0 Å². The third-order valence-electron chi connectivity index (χ3n) is 4.07. The Balaban J connectivity index is 1.64. The van der Waals surface area contributed by atoms with E-state index in [-0.39, 0.29) is 0 Å².